The lowest BCUT2D eigenvalue weighted by Crippen LogP contribution is -2.40. The highest BCUT2D eigenvalue weighted by Gasteiger charge is 2.28. The van der Waals surface area contributed by atoms with Crippen molar-refractivity contribution in [1.29, 1.82) is 0 Å². The molecule has 1 aromatic heterocycles. The van der Waals surface area contributed by atoms with E-state index in [2.05, 4.69) is 14.6 Å². The maximum absolute atomic E-state index is 13.9. The molecule has 9 heteroatoms. The first-order valence-electron chi connectivity index (χ1n) is 14.0. The Morgan fingerprint density at radius 3 is 2.25 bits per heavy atom. The summed E-state index contributed by atoms with van der Waals surface area (Å²) in [6.45, 7) is 11.3. The number of hydrogen-bond acceptors (Lipinski definition) is 4. The van der Waals surface area contributed by atoms with Crippen molar-refractivity contribution < 1.29 is 22.7 Å². The summed E-state index contributed by atoms with van der Waals surface area (Å²) in [5.74, 6) is -0.0176. The quantitative estimate of drug-likeness (QED) is 0.322. The molecule has 3 N–H and O–H groups in total. The van der Waals surface area contributed by atoms with E-state index in [1.165, 1.54) is 0 Å². The summed E-state index contributed by atoms with van der Waals surface area (Å²) in [7, 11) is -3.80. The van der Waals surface area contributed by atoms with Gasteiger partial charge in [0.15, 0.2) is 0 Å². The minimum Gasteiger partial charge on any atom is -0.389 e. The van der Waals surface area contributed by atoms with E-state index in [9.17, 15) is 22.7 Å². The number of nitrogens with one attached hydrogen (secondary N) is 2. The van der Waals surface area contributed by atoms with Crippen molar-refractivity contribution in [3.63, 3.8) is 0 Å². The largest absolute Gasteiger partial charge is 0.389 e. The number of hydrogen-bond donors (Lipinski definition) is 3. The third-order valence-corrected chi connectivity index (χ3v) is 9.22. The number of rotatable bonds is 8. The zero-order chi connectivity index (χ0) is 29.5. The fraction of sp³-hybridized carbons (Fsp3) is 0.516. The van der Waals surface area contributed by atoms with Crippen molar-refractivity contribution in [3.8, 4) is 11.3 Å². The Balaban J connectivity index is 1.85. The van der Waals surface area contributed by atoms with E-state index in [-0.39, 0.29) is 23.3 Å². The highest BCUT2D eigenvalue weighted by atomic mass is 32.2. The number of benzene rings is 2. The molecular formula is C31H42FN3O4S. The first kappa shape index (κ1) is 30.2. The van der Waals surface area contributed by atoms with E-state index in [0.29, 0.717) is 30.3 Å². The Labute approximate surface area is 237 Å². The summed E-state index contributed by atoms with van der Waals surface area (Å²) in [6, 6.07) is 12.7. The van der Waals surface area contributed by atoms with Crippen LogP contribution in [0.25, 0.3) is 22.0 Å². The molecule has 40 heavy (non-hydrogen) atoms. The van der Waals surface area contributed by atoms with Crippen LogP contribution in [0.15, 0.2) is 47.4 Å². The molecule has 1 aliphatic rings. The van der Waals surface area contributed by atoms with Gasteiger partial charge in [0.2, 0.25) is 10.0 Å². The zero-order valence-corrected chi connectivity index (χ0v) is 25.2. The molecule has 2 aromatic carbocycles. The third kappa shape index (κ3) is 6.93. The van der Waals surface area contributed by atoms with E-state index >= 15 is 0 Å². The van der Waals surface area contributed by atoms with Gasteiger partial charge in [0, 0.05) is 41.0 Å². The standard InChI is InChI=1S/C31H42FN3O4S/c1-20-26(29(36)33-19-31(5,6)37)17-27(35(20)18-21-11-13-22(32)14-12-21)24-15-16-28(25-10-8-7-9-23(24)25)40(38,39)34-30(2,3)4/h7-10,15-17,21-22,34,37H,11-14,18-19H2,1-6H3,(H,33,36). The smallest absolute Gasteiger partial charge is 0.253 e. The van der Waals surface area contributed by atoms with E-state index in [1.807, 2.05) is 37.3 Å². The maximum Gasteiger partial charge on any atom is 0.253 e. The van der Waals surface area contributed by atoms with Crippen LogP contribution in [-0.2, 0) is 16.6 Å². The number of alkyl halides is 1. The van der Waals surface area contributed by atoms with Gasteiger partial charge in [-0.3, -0.25) is 4.79 Å². The topological polar surface area (TPSA) is 100 Å². The number of aromatic nitrogens is 1. The van der Waals surface area contributed by atoms with Crippen molar-refractivity contribution in [2.24, 2.45) is 5.92 Å². The third-order valence-electron chi connectivity index (χ3n) is 7.40. The molecule has 0 saturated heterocycles. The van der Waals surface area contributed by atoms with Crippen LogP contribution in [0.5, 0.6) is 0 Å². The second-order valence-electron chi connectivity index (χ2n) is 12.8. The fourth-order valence-corrected chi connectivity index (χ4v) is 7.11. The molecule has 1 saturated carbocycles. The molecule has 0 unspecified atom stereocenters. The van der Waals surface area contributed by atoms with Gasteiger partial charge in [-0.1, -0.05) is 30.3 Å². The van der Waals surface area contributed by atoms with Gasteiger partial charge in [0.05, 0.1) is 16.1 Å². The second-order valence-corrected chi connectivity index (χ2v) is 14.4. The molecule has 1 fully saturated rings. The van der Waals surface area contributed by atoms with Gasteiger partial charge in [-0.2, -0.15) is 0 Å². The fourth-order valence-electron chi connectivity index (χ4n) is 5.47. The highest BCUT2D eigenvalue weighted by molar-refractivity contribution is 7.89. The Kier molecular flexibility index (Phi) is 8.50. The normalized spacial score (nSPS) is 18.7. The molecule has 3 aromatic rings. The molecule has 1 aliphatic carbocycles. The van der Waals surface area contributed by atoms with Gasteiger partial charge in [0.1, 0.15) is 6.17 Å². The summed E-state index contributed by atoms with van der Waals surface area (Å²) in [6.07, 6.45) is 1.86. The average Bonchev–Trinajstić information content (AvgIpc) is 3.17. The van der Waals surface area contributed by atoms with Crippen molar-refractivity contribution in [2.75, 3.05) is 6.54 Å². The Hall–Kier alpha value is -2.75. The number of carbonyl (C=O) groups excluding carboxylic acids is 1. The van der Waals surface area contributed by atoms with E-state index < -0.39 is 27.3 Å². The van der Waals surface area contributed by atoms with Crippen LogP contribution in [0.4, 0.5) is 4.39 Å². The van der Waals surface area contributed by atoms with Crippen LogP contribution < -0.4 is 10.0 Å². The average molecular weight is 572 g/mol. The summed E-state index contributed by atoms with van der Waals surface area (Å²) in [4.78, 5) is 13.4. The molecule has 1 amide bonds. The Morgan fingerprint density at radius 1 is 1.02 bits per heavy atom. The van der Waals surface area contributed by atoms with Gasteiger partial charge in [-0.15, -0.1) is 0 Å². The number of carbonyl (C=O) groups is 1. The minimum atomic E-state index is -3.80. The number of fused-ring (bicyclic) bond motifs is 1. The van der Waals surface area contributed by atoms with Crippen LogP contribution in [-0.4, -0.2) is 47.9 Å². The number of aliphatic hydroxyl groups is 1. The van der Waals surface area contributed by atoms with E-state index in [4.69, 9.17) is 0 Å². The van der Waals surface area contributed by atoms with Crippen molar-refractivity contribution in [1.82, 2.24) is 14.6 Å². The maximum atomic E-state index is 13.9. The van der Waals surface area contributed by atoms with Crippen LogP contribution in [0, 0.1) is 12.8 Å². The number of halogens is 1. The van der Waals surface area contributed by atoms with Crippen LogP contribution >= 0.6 is 0 Å². The zero-order valence-electron chi connectivity index (χ0n) is 24.3. The lowest BCUT2D eigenvalue weighted by Gasteiger charge is -2.26. The van der Waals surface area contributed by atoms with Gasteiger partial charge in [-0.05, 0) is 90.7 Å². The summed E-state index contributed by atoms with van der Waals surface area (Å²) >= 11 is 0. The van der Waals surface area contributed by atoms with Crippen molar-refractivity contribution >= 4 is 26.7 Å². The minimum absolute atomic E-state index is 0.0998. The van der Waals surface area contributed by atoms with Crippen LogP contribution in [0.1, 0.15) is 76.4 Å². The molecular weight excluding hydrogens is 529 g/mol. The molecule has 0 radical (unpaired) electrons. The predicted molar refractivity (Wildman–Crippen MR) is 158 cm³/mol. The van der Waals surface area contributed by atoms with Gasteiger partial charge in [-0.25, -0.2) is 17.5 Å². The molecule has 0 aliphatic heterocycles. The summed E-state index contributed by atoms with van der Waals surface area (Å²) in [5, 5.41) is 14.3. The van der Waals surface area contributed by atoms with Crippen LogP contribution in [0.2, 0.25) is 0 Å². The highest BCUT2D eigenvalue weighted by Crippen LogP contribution is 2.37. The van der Waals surface area contributed by atoms with Crippen LogP contribution in [0.3, 0.4) is 0 Å². The van der Waals surface area contributed by atoms with E-state index in [1.54, 1.807) is 46.8 Å². The predicted octanol–water partition coefficient (Wildman–Crippen LogP) is 5.72. The first-order valence-corrected chi connectivity index (χ1v) is 15.4. The monoisotopic (exact) mass is 571 g/mol. The Morgan fingerprint density at radius 2 is 1.65 bits per heavy atom. The summed E-state index contributed by atoms with van der Waals surface area (Å²) in [5.41, 5.74) is 1.19. The van der Waals surface area contributed by atoms with Gasteiger partial charge < -0.3 is 15.0 Å². The number of nitrogens with zero attached hydrogens (tertiary/aromatic N) is 1. The Bertz CT molecular complexity index is 1490. The molecule has 4 rings (SSSR count). The van der Waals surface area contributed by atoms with Crippen molar-refractivity contribution in [2.45, 2.75) is 96.0 Å². The second kappa shape index (κ2) is 11.3. The molecule has 0 spiro atoms. The SMILES string of the molecule is Cc1c(C(=O)NCC(C)(C)O)cc(-c2ccc(S(=O)(=O)NC(C)(C)C)c3ccccc23)n1CC1CCC(F)CC1. The molecule has 0 bridgehead atoms. The molecule has 218 valence electrons. The summed E-state index contributed by atoms with van der Waals surface area (Å²) < 4.78 is 45.4. The molecule has 0 atom stereocenters. The van der Waals surface area contributed by atoms with E-state index in [0.717, 1.165) is 35.2 Å². The van der Waals surface area contributed by atoms with Crippen molar-refractivity contribution in [3.05, 3.63) is 53.7 Å². The molecule has 7 nitrogen and oxygen atoms in total. The number of amides is 1. The van der Waals surface area contributed by atoms with Gasteiger partial charge >= 0.3 is 0 Å². The lowest BCUT2D eigenvalue weighted by atomic mass is 9.88. The first-order chi connectivity index (χ1) is 18.6. The number of sulfonamides is 1. The lowest BCUT2D eigenvalue weighted by molar-refractivity contribution is 0.0694. The van der Waals surface area contributed by atoms with Gasteiger partial charge in [0.25, 0.3) is 5.91 Å². The molecule has 1 heterocycles.